The number of carbonyl (C=O) groups is 1. The Bertz CT molecular complexity index is 795. The van der Waals surface area contributed by atoms with Crippen LogP contribution in [0.3, 0.4) is 0 Å². The normalized spacial score (nSPS) is 11.0. The van der Waals surface area contributed by atoms with Gasteiger partial charge in [-0.05, 0) is 12.1 Å². The molecule has 108 valence electrons. The molecule has 0 aliphatic rings. The number of nitrogens with one attached hydrogen (secondary N) is 1. The van der Waals surface area contributed by atoms with E-state index in [1.165, 1.54) is 24.3 Å². The van der Waals surface area contributed by atoms with Crippen LogP contribution >= 0.6 is 11.3 Å². The predicted octanol–water partition coefficient (Wildman–Crippen LogP) is 2.28. The fraction of sp³-hybridized carbons (Fsp3) is 0.214. The smallest absolute Gasteiger partial charge is 0.216 e. The molecule has 2 aromatic heterocycles. The molecular formula is C14H13FN4OS. The summed E-state index contributed by atoms with van der Waals surface area (Å²) in [7, 11) is 0. The predicted molar refractivity (Wildman–Crippen MR) is 78.6 cm³/mol. The quantitative estimate of drug-likeness (QED) is 0.804. The Balaban J connectivity index is 1.89. The van der Waals surface area contributed by atoms with Crippen LogP contribution in [0.4, 0.5) is 4.39 Å². The van der Waals surface area contributed by atoms with Crippen LogP contribution < -0.4 is 5.32 Å². The summed E-state index contributed by atoms with van der Waals surface area (Å²) in [6.45, 7) is 2.02. The second-order valence-electron chi connectivity index (χ2n) is 4.57. The molecule has 3 aromatic rings. The number of hydrogen-bond acceptors (Lipinski definition) is 4. The highest BCUT2D eigenvalue weighted by molar-refractivity contribution is 7.15. The summed E-state index contributed by atoms with van der Waals surface area (Å²) in [6.07, 6.45) is 0.652. The molecule has 0 atom stereocenters. The summed E-state index contributed by atoms with van der Waals surface area (Å²) < 4.78 is 15.5. The Morgan fingerprint density at radius 1 is 1.43 bits per heavy atom. The fourth-order valence-corrected chi connectivity index (χ4v) is 2.88. The molecule has 5 nitrogen and oxygen atoms in total. The maximum Gasteiger partial charge on any atom is 0.216 e. The van der Waals surface area contributed by atoms with Crippen LogP contribution in [-0.4, -0.2) is 27.0 Å². The van der Waals surface area contributed by atoms with Crippen molar-refractivity contribution in [2.45, 2.75) is 13.3 Å². The van der Waals surface area contributed by atoms with Crippen molar-refractivity contribution >= 4 is 22.2 Å². The summed E-state index contributed by atoms with van der Waals surface area (Å²) in [5, 5.41) is 9.05. The van der Waals surface area contributed by atoms with Gasteiger partial charge in [0.25, 0.3) is 0 Å². The number of thiazole rings is 1. The SMILES string of the molecule is CC(=O)NCCc1csc2nc(-c3ccccc3F)nn12. The monoisotopic (exact) mass is 304 g/mol. The van der Waals surface area contributed by atoms with Gasteiger partial charge in [-0.3, -0.25) is 4.79 Å². The molecule has 21 heavy (non-hydrogen) atoms. The third-order valence-corrected chi connectivity index (χ3v) is 3.88. The molecule has 0 bridgehead atoms. The standard InChI is InChI=1S/C14H13FN4OS/c1-9(20)16-7-6-10-8-21-14-17-13(18-19(10)14)11-4-2-3-5-12(11)15/h2-5,8H,6-7H2,1H3,(H,16,20). The van der Waals surface area contributed by atoms with Gasteiger partial charge < -0.3 is 5.32 Å². The van der Waals surface area contributed by atoms with E-state index in [2.05, 4.69) is 15.4 Å². The van der Waals surface area contributed by atoms with Crippen molar-refractivity contribution in [2.75, 3.05) is 6.54 Å². The van der Waals surface area contributed by atoms with E-state index >= 15 is 0 Å². The molecule has 0 radical (unpaired) electrons. The molecule has 0 saturated heterocycles. The summed E-state index contributed by atoms with van der Waals surface area (Å²) in [5.74, 6) is -0.0246. The topological polar surface area (TPSA) is 59.3 Å². The van der Waals surface area contributed by atoms with E-state index in [0.29, 0.717) is 29.3 Å². The minimum absolute atomic E-state index is 0.0629. The van der Waals surface area contributed by atoms with Gasteiger partial charge >= 0.3 is 0 Å². The van der Waals surface area contributed by atoms with Crippen molar-refractivity contribution in [2.24, 2.45) is 0 Å². The number of amides is 1. The van der Waals surface area contributed by atoms with Crippen LogP contribution in [0.2, 0.25) is 0 Å². The summed E-state index contributed by atoms with van der Waals surface area (Å²) >= 11 is 1.45. The third kappa shape index (κ3) is 2.78. The first-order chi connectivity index (χ1) is 10.1. The molecule has 7 heteroatoms. The molecule has 1 amide bonds. The van der Waals surface area contributed by atoms with Crippen LogP contribution in [-0.2, 0) is 11.2 Å². The number of nitrogens with zero attached hydrogens (tertiary/aromatic N) is 3. The average Bonchev–Trinajstić information content (AvgIpc) is 3.00. The number of carbonyl (C=O) groups excluding carboxylic acids is 1. The lowest BCUT2D eigenvalue weighted by Crippen LogP contribution is -2.22. The Kier molecular flexibility index (Phi) is 3.66. The minimum Gasteiger partial charge on any atom is -0.356 e. The molecule has 0 aliphatic carbocycles. The maximum absolute atomic E-state index is 13.8. The van der Waals surface area contributed by atoms with Crippen molar-refractivity contribution in [1.82, 2.24) is 19.9 Å². The number of rotatable bonds is 4. The van der Waals surface area contributed by atoms with E-state index in [9.17, 15) is 9.18 Å². The van der Waals surface area contributed by atoms with E-state index in [1.807, 2.05) is 5.38 Å². The van der Waals surface area contributed by atoms with Gasteiger partial charge in [-0.1, -0.05) is 12.1 Å². The van der Waals surface area contributed by atoms with Gasteiger partial charge in [0.1, 0.15) is 5.82 Å². The van der Waals surface area contributed by atoms with Crippen molar-refractivity contribution in [3.8, 4) is 11.4 Å². The zero-order valence-corrected chi connectivity index (χ0v) is 12.2. The van der Waals surface area contributed by atoms with E-state index in [-0.39, 0.29) is 11.7 Å². The van der Waals surface area contributed by atoms with Gasteiger partial charge in [0.2, 0.25) is 10.9 Å². The summed E-state index contributed by atoms with van der Waals surface area (Å²) in [5.41, 5.74) is 1.33. The largest absolute Gasteiger partial charge is 0.356 e. The van der Waals surface area contributed by atoms with E-state index < -0.39 is 0 Å². The first-order valence-electron chi connectivity index (χ1n) is 6.47. The van der Waals surface area contributed by atoms with Gasteiger partial charge in [-0.25, -0.2) is 8.91 Å². The van der Waals surface area contributed by atoms with Gasteiger partial charge in [-0.2, -0.15) is 4.98 Å². The zero-order valence-electron chi connectivity index (χ0n) is 11.3. The van der Waals surface area contributed by atoms with Crippen LogP contribution in [0.15, 0.2) is 29.6 Å². The number of aromatic nitrogens is 3. The number of halogens is 1. The lowest BCUT2D eigenvalue weighted by molar-refractivity contribution is -0.118. The van der Waals surface area contributed by atoms with E-state index in [1.54, 1.807) is 22.7 Å². The average molecular weight is 304 g/mol. The van der Waals surface area contributed by atoms with Crippen molar-refractivity contribution < 1.29 is 9.18 Å². The molecule has 0 spiro atoms. The number of fused-ring (bicyclic) bond motifs is 1. The molecule has 1 aromatic carbocycles. The van der Waals surface area contributed by atoms with E-state index in [4.69, 9.17) is 0 Å². The molecule has 2 heterocycles. The second-order valence-corrected chi connectivity index (χ2v) is 5.41. The fourth-order valence-electron chi connectivity index (χ4n) is 2.02. The summed E-state index contributed by atoms with van der Waals surface area (Å²) in [4.78, 5) is 15.9. The Hall–Kier alpha value is -2.28. The number of benzene rings is 1. The second kappa shape index (κ2) is 5.61. The Morgan fingerprint density at radius 3 is 3.00 bits per heavy atom. The van der Waals surface area contributed by atoms with Crippen molar-refractivity contribution in [3.05, 3.63) is 41.2 Å². The Labute approximate surface area is 124 Å². The zero-order chi connectivity index (χ0) is 14.8. The number of hydrogen-bond donors (Lipinski definition) is 1. The lowest BCUT2D eigenvalue weighted by atomic mass is 10.2. The van der Waals surface area contributed by atoms with Gasteiger partial charge in [0.15, 0.2) is 5.82 Å². The molecular weight excluding hydrogens is 291 g/mol. The van der Waals surface area contributed by atoms with Crippen molar-refractivity contribution in [3.63, 3.8) is 0 Å². The van der Waals surface area contributed by atoms with Crippen molar-refractivity contribution in [1.29, 1.82) is 0 Å². The van der Waals surface area contributed by atoms with Crippen LogP contribution in [0.5, 0.6) is 0 Å². The highest BCUT2D eigenvalue weighted by Crippen LogP contribution is 2.22. The molecule has 3 rings (SSSR count). The first kappa shape index (κ1) is 13.7. The van der Waals surface area contributed by atoms with Gasteiger partial charge in [-0.15, -0.1) is 16.4 Å². The van der Waals surface area contributed by atoms with E-state index in [0.717, 1.165) is 5.69 Å². The highest BCUT2D eigenvalue weighted by atomic mass is 32.1. The lowest BCUT2D eigenvalue weighted by Gasteiger charge is -2.00. The highest BCUT2D eigenvalue weighted by Gasteiger charge is 2.13. The van der Waals surface area contributed by atoms with Gasteiger partial charge in [0, 0.05) is 25.3 Å². The van der Waals surface area contributed by atoms with Crippen LogP contribution in [0, 0.1) is 5.82 Å². The molecule has 0 unspecified atom stereocenters. The summed E-state index contributed by atoms with van der Waals surface area (Å²) in [6, 6.07) is 6.44. The molecule has 0 fully saturated rings. The maximum atomic E-state index is 13.8. The molecule has 1 N–H and O–H groups in total. The minimum atomic E-state index is -0.337. The Morgan fingerprint density at radius 2 is 2.24 bits per heavy atom. The molecule has 0 aliphatic heterocycles. The van der Waals surface area contributed by atoms with Crippen LogP contribution in [0.25, 0.3) is 16.3 Å². The van der Waals surface area contributed by atoms with Crippen LogP contribution in [0.1, 0.15) is 12.6 Å². The van der Waals surface area contributed by atoms with Gasteiger partial charge in [0.05, 0.1) is 11.3 Å². The molecule has 0 saturated carbocycles. The first-order valence-corrected chi connectivity index (χ1v) is 7.35. The third-order valence-electron chi connectivity index (χ3n) is 3.02.